The summed E-state index contributed by atoms with van der Waals surface area (Å²) in [5.41, 5.74) is 3.24. The van der Waals surface area contributed by atoms with E-state index >= 15 is 0 Å². The summed E-state index contributed by atoms with van der Waals surface area (Å²) < 4.78 is 12.6. The lowest BCUT2D eigenvalue weighted by Gasteiger charge is -2.21. The van der Waals surface area contributed by atoms with E-state index in [1.165, 1.54) is 10.6 Å². The average Bonchev–Trinajstić information content (AvgIpc) is 3.29. The van der Waals surface area contributed by atoms with Crippen molar-refractivity contribution in [3.63, 3.8) is 0 Å². The fraction of sp³-hybridized carbons (Fsp3) is 0.333. The Kier molecular flexibility index (Phi) is 4.71. The molecule has 0 atom stereocenters. The van der Waals surface area contributed by atoms with E-state index in [9.17, 15) is 4.79 Å². The number of rotatable bonds is 4. The van der Waals surface area contributed by atoms with Crippen LogP contribution < -0.4 is 4.74 Å². The predicted octanol–water partition coefficient (Wildman–Crippen LogP) is 4.09. The van der Waals surface area contributed by atoms with Crippen LogP contribution in [0.4, 0.5) is 4.79 Å². The molecular formula is C21H23N3O3. The van der Waals surface area contributed by atoms with E-state index in [0.717, 1.165) is 42.2 Å². The van der Waals surface area contributed by atoms with Crippen LogP contribution in [0.1, 0.15) is 30.8 Å². The molecule has 0 saturated heterocycles. The van der Waals surface area contributed by atoms with E-state index in [1.54, 1.807) is 26.4 Å². The quantitative estimate of drug-likeness (QED) is 0.819. The smallest absolute Gasteiger partial charge is 0.417 e. The summed E-state index contributed by atoms with van der Waals surface area (Å²) >= 11 is 0. The van der Waals surface area contributed by atoms with Crippen molar-refractivity contribution in [1.29, 1.82) is 0 Å². The normalized spacial score (nSPS) is 15.9. The average molecular weight is 365 g/mol. The maximum absolute atomic E-state index is 11.9. The number of benzene rings is 1. The standard InChI is InChI=1S/C21H23N3O3/c1-3-27-21(25)23-13-10-16(11-14-23)20-19(22-18-5-4-12-24(18)20)15-6-8-17(26-2)9-7-15/h6-11,13-14,16H,3-5,12H2,1-2H3. The number of aryl methyl sites for hydroxylation is 1. The van der Waals surface area contributed by atoms with Crippen molar-refractivity contribution in [3.8, 4) is 17.0 Å². The van der Waals surface area contributed by atoms with Gasteiger partial charge in [0.2, 0.25) is 0 Å². The molecule has 2 aliphatic rings. The topological polar surface area (TPSA) is 56.6 Å². The van der Waals surface area contributed by atoms with Gasteiger partial charge in [0, 0.05) is 36.8 Å². The summed E-state index contributed by atoms with van der Waals surface area (Å²) in [6, 6.07) is 8.00. The van der Waals surface area contributed by atoms with Gasteiger partial charge in [0.25, 0.3) is 0 Å². The Labute approximate surface area is 158 Å². The van der Waals surface area contributed by atoms with Crippen LogP contribution in [0, 0.1) is 0 Å². The number of hydrogen-bond acceptors (Lipinski definition) is 4. The van der Waals surface area contributed by atoms with Crippen LogP contribution in [0.3, 0.4) is 0 Å². The van der Waals surface area contributed by atoms with Crippen molar-refractivity contribution in [2.45, 2.75) is 32.2 Å². The van der Waals surface area contributed by atoms with Gasteiger partial charge in [0.05, 0.1) is 25.1 Å². The molecule has 0 spiro atoms. The molecule has 4 rings (SSSR count). The van der Waals surface area contributed by atoms with Gasteiger partial charge in [-0.15, -0.1) is 0 Å². The Morgan fingerprint density at radius 1 is 1.22 bits per heavy atom. The van der Waals surface area contributed by atoms with Gasteiger partial charge in [0.1, 0.15) is 11.6 Å². The van der Waals surface area contributed by atoms with Crippen LogP contribution in [0.2, 0.25) is 0 Å². The number of carbonyl (C=O) groups excluding carboxylic acids is 1. The van der Waals surface area contributed by atoms with E-state index in [0.29, 0.717) is 6.61 Å². The largest absolute Gasteiger partial charge is 0.497 e. The van der Waals surface area contributed by atoms with Crippen LogP contribution in [-0.2, 0) is 17.7 Å². The molecular weight excluding hydrogens is 342 g/mol. The SMILES string of the molecule is CCOC(=O)N1C=CC(c2c(-c3ccc(OC)cc3)nc3n2CCC3)C=C1. The zero-order chi connectivity index (χ0) is 18.8. The van der Waals surface area contributed by atoms with Gasteiger partial charge < -0.3 is 14.0 Å². The molecule has 0 bridgehead atoms. The minimum absolute atomic E-state index is 0.0622. The molecule has 0 fully saturated rings. The predicted molar refractivity (Wildman–Crippen MR) is 102 cm³/mol. The first kappa shape index (κ1) is 17.4. The highest BCUT2D eigenvalue weighted by molar-refractivity contribution is 5.71. The molecule has 0 radical (unpaired) electrons. The van der Waals surface area contributed by atoms with Crippen LogP contribution >= 0.6 is 0 Å². The minimum atomic E-state index is -0.364. The van der Waals surface area contributed by atoms with E-state index in [2.05, 4.69) is 4.57 Å². The van der Waals surface area contributed by atoms with Gasteiger partial charge >= 0.3 is 6.09 Å². The molecule has 2 aliphatic heterocycles. The van der Waals surface area contributed by atoms with Gasteiger partial charge in [0.15, 0.2) is 0 Å². The number of hydrogen-bond donors (Lipinski definition) is 0. The second-order valence-corrected chi connectivity index (χ2v) is 6.56. The third-order valence-electron chi connectivity index (χ3n) is 4.93. The summed E-state index contributed by atoms with van der Waals surface area (Å²) in [4.78, 5) is 18.3. The summed E-state index contributed by atoms with van der Waals surface area (Å²) in [7, 11) is 1.67. The van der Waals surface area contributed by atoms with Crippen LogP contribution in [0.5, 0.6) is 5.75 Å². The van der Waals surface area contributed by atoms with Crippen molar-refractivity contribution in [3.05, 3.63) is 60.3 Å². The number of aromatic nitrogens is 2. The summed E-state index contributed by atoms with van der Waals surface area (Å²) in [5.74, 6) is 2.02. The van der Waals surface area contributed by atoms with Crippen LogP contribution in [0.25, 0.3) is 11.3 Å². The van der Waals surface area contributed by atoms with Gasteiger partial charge in [-0.3, -0.25) is 4.90 Å². The third kappa shape index (κ3) is 3.23. The number of nitrogens with zero attached hydrogens (tertiary/aromatic N) is 3. The van der Waals surface area contributed by atoms with Crippen LogP contribution in [-0.4, -0.2) is 34.3 Å². The molecule has 6 heteroatoms. The first-order valence-electron chi connectivity index (χ1n) is 9.26. The highest BCUT2D eigenvalue weighted by Gasteiger charge is 2.27. The lowest BCUT2D eigenvalue weighted by Crippen LogP contribution is -2.23. The molecule has 2 aromatic rings. The number of fused-ring (bicyclic) bond motifs is 1. The fourth-order valence-corrected chi connectivity index (χ4v) is 3.64. The summed E-state index contributed by atoms with van der Waals surface area (Å²) in [5, 5.41) is 0. The molecule has 1 amide bonds. The molecule has 1 aromatic heterocycles. The zero-order valence-corrected chi connectivity index (χ0v) is 15.6. The van der Waals surface area contributed by atoms with Crippen molar-refractivity contribution in [2.24, 2.45) is 0 Å². The number of amides is 1. The maximum atomic E-state index is 11.9. The van der Waals surface area contributed by atoms with Crippen molar-refractivity contribution < 1.29 is 14.3 Å². The molecule has 6 nitrogen and oxygen atoms in total. The fourth-order valence-electron chi connectivity index (χ4n) is 3.64. The summed E-state index contributed by atoms with van der Waals surface area (Å²) in [6.07, 6.45) is 9.34. The van der Waals surface area contributed by atoms with E-state index in [-0.39, 0.29) is 12.0 Å². The maximum Gasteiger partial charge on any atom is 0.417 e. The highest BCUT2D eigenvalue weighted by atomic mass is 16.6. The Hall–Kier alpha value is -3.02. The molecule has 0 N–H and O–H groups in total. The van der Waals surface area contributed by atoms with E-state index < -0.39 is 0 Å². The Morgan fingerprint density at radius 2 is 1.96 bits per heavy atom. The summed E-state index contributed by atoms with van der Waals surface area (Å²) in [6.45, 7) is 3.14. The molecule has 3 heterocycles. The number of ether oxygens (including phenoxy) is 2. The first-order chi connectivity index (χ1) is 13.2. The molecule has 1 aromatic carbocycles. The monoisotopic (exact) mass is 365 g/mol. The second kappa shape index (κ2) is 7.31. The minimum Gasteiger partial charge on any atom is -0.497 e. The number of imidazole rings is 1. The Balaban J connectivity index is 1.68. The lowest BCUT2D eigenvalue weighted by atomic mass is 9.98. The second-order valence-electron chi connectivity index (χ2n) is 6.56. The molecule has 27 heavy (non-hydrogen) atoms. The van der Waals surface area contributed by atoms with Crippen molar-refractivity contribution in [1.82, 2.24) is 14.5 Å². The Morgan fingerprint density at radius 3 is 2.63 bits per heavy atom. The van der Waals surface area contributed by atoms with Gasteiger partial charge in [-0.2, -0.15) is 0 Å². The van der Waals surface area contributed by atoms with Crippen LogP contribution in [0.15, 0.2) is 48.8 Å². The zero-order valence-electron chi connectivity index (χ0n) is 15.6. The molecule has 140 valence electrons. The molecule has 0 saturated carbocycles. The van der Waals surface area contributed by atoms with Gasteiger partial charge in [-0.1, -0.05) is 12.2 Å². The third-order valence-corrected chi connectivity index (χ3v) is 4.93. The highest BCUT2D eigenvalue weighted by Crippen LogP contribution is 2.36. The van der Waals surface area contributed by atoms with Crippen molar-refractivity contribution in [2.75, 3.05) is 13.7 Å². The van der Waals surface area contributed by atoms with E-state index in [4.69, 9.17) is 14.5 Å². The molecule has 0 unspecified atom stereocenters. The lowest BCUT2D eigenvalue weighted by molar-refractivity contribution is 0.133. The van der Waals surface area contributed by atoms with Gasteiger partial charge in [-0.25, -0.2) is 9.78 Å². The number of methoxy groups -OCH3 is 1. The van der Waals surface area contributed by atoms with Crippen molar-refractivity contribution >= 4 is 6.09 Å². The van der Waals surface area contributed by atoms with E-state index in [1.807, 2.05) is 36.4 Å². The molecule has 0 aliphatic carbocycles. The van der Waals surface area contributed by atoms with Gasteiger partial charge in [-0.05, 0) is 37.6 Å². The Bertz CT molecular complexity index is 882. The first-order valence-corrected chi connectivity index (χ1v) is 9.26. The number of allylic oxidation sites excluding steroid dienone is 2. The number of carbonyl (C=O) groups is 1.